The normalized spacial score (nSPS) is 17.2. The molecule has 0 saturated carbocycles. The fourth-order valence-electron chi connectivity index (χ4n) is 4.51. The van der Waals surface area contributed by atoms with Crippen molar-refractivity contribution in [3.8, 4) is 11.5 Å². The highest BCUT2D eigenvalue weighted by atomic mass is 32.2. The minimum Gasteiger partial charge on any atom is -0.507 e. The number of hydrogen-bond acceptors (Lipinski definition) is 7. The van der Waals surface area contributed by atoms with Crippen molar-refractivity contribution in [3.63, 3.8) is 0 Å². The second kappa shape index (κ2) is 10.3. The molecule has 1 aliphatic rings. The number of Topliss-reactive ketones (excluding diaryl/α,β-unsaturated/α-hetero) is 1. The topological polar surface area (TPSA) is 136 Å². The number of carbonyl (C=O) groups is 2. The molecule has 1 amide bonds. The number of aliphatic hydroxyl groups excluding tert-OH is 1. The van der Waals surface area contributed by atoms with Crippen molar-refractivity contribution in [2.75, 3.05) is 19.1 Å². The Hall–Kier alpha value is -4.15. The molecule has 0 bridgehead atoms. The monoisotopic (exact) mass is 536 g/mol. The molecule has 3 aromatic rings. The third-order valence-corrected chi connectivity index (χ3v) is 7.35. The van der Waals surface area contributed by atoms with E-state index >= 15 is 0 Å². The quantitative estimate of drug-likeness (QED) is 0.264. The van der Waals surface area contributed by atoms with Crippen LogP contribution in [0.3, 0.4) is 0 Å². The number of nitrogens with zero attached hydrogens (tertiary/aromatic N) is 1. The van der Waals surface area contributed by atoms with Gasteiger partial charge in [0, 0.05) is 11.3 Å². The van der Waals surface area contributed by atoms with Crippen LogP contribution in [0.25, 0.3) is 5.76 Å². The van der Waals surface area contributed by atoms with E-state index in [1.807, 2.05) is 13.8 Å². The zero-order chi connectivity index (χ0) is 27.8. The predicted octanol–water partition coefficient (Wildman–Crippen LogP) is 4.10. The Kier molecular flexibility index (Phi) is 7.30. The maximum atomic E-state index is 13.4. The number of aliphatic hydroxyl groups is 1. The van der Waals surface area contributed by atoms with E-state index in [1.54, 1.807) is 49.6 Å². The van der Waals surface area contributed by atoms with Crippen LogP contribution in [0.1, 0.15) is 42.5 Å². The fourth-order valence-corrected chi connectivity index (χ4v) is 5.03. The highest BCUT2D eigenvalue weighted by molar-refractivity contribution is 7.89. The van der Waals surface area contributed by atoms with Crippen molar-refractivity contribution in [1.82, 2.24) is 0 Å². The van der Waals surface area contributed by atoms with Gasteiger partial charge in [0.2, 0.25) is 10.0 Å². The molecule has 0 aliphatic carbocycles. The molecule has 1 fully saturated rings. The Labute approximate surface area is 221 Å². The molecule has 0 spiro atoms. The Morgan fingerprint density at radius 2 is 1.66 bits per heavy atom. The number of rotatable bonds is 7. The lowest BCUT2D eigenvalue weighted by molar-refractivity contribution is -0.132. The van der Waals surface area contributed by atoms with Crippen molar-refractivity contribution in [3.05, 3.63) is 89.0 Å². The van der Waals surface area contributed by atoms with Gasteiger partial charge in [-0.1, -0.05) is 26.0 Å². The van der Waals surface area contributed by atoms with Crippen LogP contribution in [0.15, 0.2) is 77.2 Å². The van der Waals surface area contributed by atoms with Crippen LogP contribution in [0.2, 0.25) is 0 Å². The first kappa shape index (κ1) is 26.9. The van der Waals surface area contributed by atoms with E-state index in [4.69, 9.17) is 14.6 Å². The number of carbonyl (C=O) groups excluding carboxylic acids is 2. The first-order chi connectivity index (χ1) is 18.0. The number of ketones is 1. The molecular formula is C28H28N2O7S. The summed E-state index contributed by atoms with van der Waals surface area (Å²) in [6.45, 7) is 3.95. The van der Waals surface area contributed by atoms with Gasteiger partial charge in [-0.3, -0.25) is 14.5 Å². The Bertz CT molecular complexity index is 1540. The Morgan fingerprint density at radius 1 is 0.974 bits per heavy atom. The van der Waals surface area contributed by atoms with Gasteiger partial charge in [-0.05, 0) is 71.6 Å². The predicted molar refractivity (Wildman–Crippen MR) is 143 cm³/mol. The van der Waals surface area contributed by atoms with Crippen LogP contribution >= 0.6 is 0 Å². The third-order valence-electron chi connectivity index (χ3n) is 6.42. The number of amides is 1. The number of hydrogen-bond donors (Lipinski definition) is 2. The molecule has 3 aromatic carbocycles. The molecule has 3 N–H and O–H groups in total. The molecule has 1 aliphatic heterocycles. The SMILES string of the molecule is COc1cccc(C2/C(=C(/O)c3ccc(OC)c(C(C)C)c3)C(=O)C(=O)N2c2ccc(S(N)(=O)=O)cc2)c1. The maximum Gasteiger partial charge on any atom is 0.300 e. The molecule has 38 heavy (non-hydrogen) atoms. The average Bonchev–Trinajstić information content (AvgIpc) is 3.17. The summed E-state index contributed by atoms with van der Waals surface area (Å²) in [5.74, 6) is -0.912. The molecule has 1 saturated heterocycles. The molecule has 0 aromatic heterocycles. The van der Waals surface area contributed by atoms with Crippen LogP contribution in [0.4, 0.5) is 5.69 Å². The lowest BCUT2D eigenvalue weighted by atomic mass is 9.93. The minimum absolute atomic E-state index is 0.0617. The van der Waals surface area contributed by atoms with Crippen molar-refractivity contribution >= 4 is 33.2 Å². The summed E-state index contributed by atoms with van der Waals surface area (Å²) in [6.07, 6.45) is 0. The van der Waals surface area contributed by atoms with Gasteiger partial charge in [0.25, 0.3) is 11.7 Å². The van der Waals surface area contributed by atoms with Gasteiger partial charge in [0.1, 0.15) is 17.3 Å². The molecule has 1 unspecified atom stereocenters. The minimum atomic E-state index is -3.97. The summed E-state index contributed by atoms with van der Waals surface area (Å²) in [5.41, 5.74) is 1.83. The number of ether oxygens (including phenoxy) is 2. The van der Waals surface area contributed by atoms with Crippen molar-refractivity contribution in [1.29, 1.82) is 0 Å². The maximum absolute atomic E-state index is 13.4. The number of methoxy groups -OCH3 is 2. The van der Waals surface area contributed by atoms with E-state index in [9.17, 15) is 23.1 Å². The highest BCUT2D eigenvalue weighted by Gasteiger charge is 2.47. The van der Waals surface area contributed by atoms with Crippen LogP contribution in [0, 0.1) is 0 Å². The zero-order valence-electron chi connectivity index (χ0n) is 21.3. The summed E-state index contributed by atoms with van der Waals surface area (Å²) in [7, 11) is -0.921. The lowest BCUT2D eigenvalue weighted by Crippen LogP contribution is -2.29. The molecule has 198 valence electrons. The summed E-state index contributed by atoms with van der Waals surface area (Å²) >= 11 is 0. The number of sulfonamides is 1. The summed E-state index contributed by atoms with van der Waals surface area (Å²) in [5, 5.41) is 16.7. The van der Waals surface area contributed by atoms with Gasteiger partial charge in [0.05, 0.1) is 30.7 Å². The van der Waals surface area contributed by atoms with E-state index in [0.717, 1.165) is 5.56 Å². The molecular weight excluding hydrogens is 508 g/mol. The van der Waals surface area contributed by atoms with Gasteiger partial charge in [0.15, 0.2) is 0 Å². The standard InChI is InChI=1S/C28H28N2O7S/c1-16(2)22-15-18(8-13-23(22)37-4)26(31)24-25(17-6-5-7-20(14-17)36-3)30(28(33)27(24)32)19-9-11-21(12-10-19)38(29,34)35/h5-16,25,31H,1-4H3,(H2,29,34,35)/b26-24-. The average molecular weight is 537 g/mol. The summed E-state index contributed by atoms with van der Waals surface area (Å²) in [6, 6.07) is 16.1. The van der Waals surface area contributed by atoms with Gasteiger partial charge >= 0.3 is 0 Å². The molecule has 0 radical (unpaired) electrons. The first-order valence-corrected chi connectivity index (χ1v) is 13.3. The number of nitrogens with two attached hydrogens (primary N) is 1. The number of benzene rings is 3. The van der Waals surface area contributed by atoms with E-state index < -0.39 is 27.8 Å². The smallest absolute Gasteiger partial charge is 0.300 e. The van der Waals surface area contributed by atoms with Gasteiger partial charge in [-0.25, -0.2) is 13.6 Å². The number of anilines is 1. The molecule has 9 nitrogen and oxygen atoms in total. The lowest BCUT2D eigenvalue weighted by Gasteiger charge is -2.26. The summed E-state index contributed by atoms with van der Waals surface area (Å²) in [4.78, 5) is 27.9. The van der Waals surface area contributed by atoms with Crippen LogP contribution in [-0.2, 0) is 19.6 Å². The van der Waals surface area contributed by atoms with E-state index in [2.05, 4.69) is 0 Å². The van der Waals surface area contributed by atoms with E-state index in [0.29, 0.717) is 22.6 Å². The fraction of sp³-hybridized carbons (Fsp3) is 0.214. The van der Waals surface area contributed by atoms with Gasteiger partial charge in [-0.2, -0.15) is 0 Å². The van der Waals surface area contributed by atoms with Crippen LogP contribution < -0.4 is 19.5 Å². The van der Waals surface area contributed by atoms with E-state index in [1.165, 1.54) is 36.3 Å². The molecule has 10 heteroatoms. The van der Waals surface area contributed by atoms with Gasteiger partial charge < -0.3 is 14.6 Å². The largest absolute Gasteiger partial charge is 0.507 e. The molecule has 1 heterocycles. The van der Waals surface area contributed by atoms with Gasteiger partial charge in [-0.15, -0.1) is 0 Å². The second-order valence-corrected chi connectivity index (χ2v) is 10.7. The molecule has 4 rings (SSSR count). The van der Waals surface area contributed by atoms with Crippen molar-refractivity contribution in [2.24, 2.45) is 5.14 Å². The first-order valence-electron chi connectivity index (χ1n) is 11.7. The van der Waals surface area contributed by atoms with Crippen LogP contribution in [-0.4, -0.2) is 39.4 Å². The Morgan fingerprint density at radius 3 is 2.24 bits per heavy atom. The molecule has 1 atom stereocenters. The number of primary sulfonamides is 1. The van der Waals surface area contributed by atoms with E-state index in [-0.39, 0.29) is 27.8 Å². The van der Waals surface area contributed by atoms with Crippen LogP contribution in [0.5, 0.6) is 11.5 Å². The Balaban J connectivity index is 1.95. The zero-order valence-corrected chi connectivity index (χ0v) is 22.2. The second-order valence-electron chi connectivity index (χ2n) is 9.10. The highest BCUT2D eigenvalue weighted by Crippen LogP contribution is 2.43. The third kappa shape index (κ3) is 4.88. The summed E-state index contributed by atoms with van der Waals surface area (Å²) < 4.78 is 34.3. The van der Waals surface area contributed by atoms with Crippen molar-refractivity contribution in [2.45, 2.75) is 30.7 Å². The van der Waals surface area contributed by atoms with Crippen molar-refractivity contribution < 1.29 is 32.6 Å².